The van der Waals surface area contributed by atoms with Gasteiger partial charge in [0.25, 0.3) is 0 Å². The summed E-state index contributed by atoms with van der Waals surface area (Å²) >= 11 is 0. The van der Waals surface area contributed by atoms with E-state index in [-0.39, 0.29) is 0 Å². The molecule has 0 saturated heterocycles. The second-order valence-corrected chi connectivity index (χ2v) is 5.43. The van der Waals surface area contributed by atoms with Crippen LogP contribution in [0.2, 0.25) is 0 Å². The molecule has 0 aliphatic carbocycles. The molecule has 0 aliphatic heterocycles. The Hall–Kier alpha value is -2.82. The first kappa shape index (κ1) is 15.1. The lowest BCUT2D eigenvalue weighted by molar-refractivity contribution is 0.363. The van der Waals surface area contributed by atoms with Gasteiger partial charge in [0.1, 0.15) is 23.4 Å². The monoisotopic (exact) mass is 308 g/mol. The number of nitrogens with zero attached hydrogens (tertiary/aromatic N) is 4. The van der Waals surface area contributed by atoms with Gasteiger partial charge >= 0.3 is 0 Å². The Labute approximate surface area is 135 Å². The van der Waals surface area contributed by atoms with Crippen LogP contribution in [0.4, 0.5) is 5.69 Å². The number of aromatic nitrogens is 3. The van der Waals surface area contributed by atoms with Crippen LogP contribution in [-0.4, -0.2) is 35.7 Å². The summed E-state index contributed by atoms with van der Waals surface area (Å²) in [5.74, 6) is 0.797. The summed E-state index contributed by atoms with van der Waals surface area (Å²) in [7, 11) is 4.04. The number of anilines is 1. The van der Waals surface area contributed by atoms with Crippen molar-refractivity contribution in [2.24, 2.45) is 0 Å². The maximum absolute atomic E-state index is 5.64. The summed E-state index contributed by atoms with van der Waals surface area (Å²) in [5, 5.41) is 9.06. The van der Waals surface area contributed by atoms with Crippen LogP contribution in [0.3, 0.4) is 0 Å². The Kier molecular flexibility index (Phi) is 4.28. The molecule has 0 radical (unpaired) electrons. The van der Waals surface area contributed by atoms with Crippen LogP contribution in [0.25, 0.3) is 16.7 Å². The molecule has 0 fully saturated rings. The predicted molar refractivity (Wildman–Crippen MR) is 93.5 cm³/mol. The van der Waals surface area contributed by atoms with Crippen LogP contribution in [0, 0.1) is 0 Å². The van der Waals surface area contributed by atoms with Crippen LogP contribution >= 0.6 is 0 Å². The molecule has 3 rings (SSSR count). The molecule has 1 heterocycles. The van der Waals surface area contributed by atoms with E-state index >= 15 is 0 Å². The van der Waals surface area contributed by atoms with E-state index in [2.05, 4.69) is 27.2 Å². The van der Waals surface area contributed by atoms with E-state index < -0.39 is 0 Å². The number of benzene rings is 2. The minimum Gasteiger partial charge on any atom is -0.489 e. The normalized spacial score (nSPS) is 11.3. The molecule has 0 aliphatic rings. The van der Waals surface area contributed by atoms with Gasteiger partial charge in [0.05, 0.1) is 5.69 Å². The predicted octanol–water partition coefficient (Wildman–Crippen LogP) is 3.44. The third-order valence-corrected chi connectivity index (χ3v) is 3.53. The summed E-state index contributed by atoms with van der Waals surface area (Å²) in [6.45, 7) is 2.53. The van der Waals surface area contributed by atoms with Gasteiger partial charge in [-0.25, -0.2) is 0 Å². The Morgan fingerprint density at radius 2 is 1.78 bits per heavy atom. The van der Waals surface area contributed by atoms with Crippen LogP contribution in [-0.2, 0) is 0 Å². The zero-order chi connectivity index (χ0) is 16.2. The van der Waals surface area contributed by atoms with Crippen LogP contribution in [0.15, 0.2) is 54.6 Å². The summed E-state index contributed by atoms with van der Waals surface area (Å²) in [6, 6.07) is 13.9. The molecule has 0 spiro atoms. The second-order valence-electron chi connectivity index (χ2n) is 5.43. The highest BCUT2D eigenvalue weighted by Gasteiger charge is 2.06. The van der Waals surface area contributed by atoms with Crippen molar-refractivity contribution in [3.63, 3.8) is 0 Å². The molecule has 0 N–H and O–H groups in total. The molecule has 1 aromatic heterocycles. The number of hydrogen-bond acceptors (Lipinski definition) is 4. The molecule has 0 bridgehead atoms. The fourth-order valence-corrected chi connectivity index (χ4v) is 2.22. The number of allylic oxidation sites excluding steroid dienone is 1. The maximum atomic E-state index is 5.64. The smallest absolute Gasteiger partial charge is 0.122 e. The highest BCUT2D eigenvalue weighted by molar-refractivity contribution is 5.75. The number of fused-ring (bicyclic) bond motifs is 1. The molecular weight excluding hydrogens is 288 g/mol. The molecule has 0 saturated carbocycles. The first-order valence-corrected chi connectivity index (χ1v) is 7.56. The van der Waals surface area contributed by atoms with E-state index in [4.69, 9.17) is 4.74 Å². The maximum Gasteiger partial charge on any atom is 0.122 e. The van der Waals surface area contributed by atoms with Crippen molar-refractivity contribution in [1.29, 1.82) is 0 Å². The SMILES string of the molecule is C/C=C/COc1ccc2nn(-c3ccc(N(C)C)cc3)nc2c1. The zero-order valence-electron chi connectivity index (χ0n) is 13.6. The Balaban J connectivity index is 1.87. The van der Waals surface area contributed by atoms with Gasteiger partial charge in [0, 0.05) is 25.8 Å². The van der Waals surface area contributed by atoms with Crippen molar-refractivity contribution < 1.29 is 4.74 Å². The van der Waals surface area contributed by atoms with E-state index in [9.17, 15) is 0 Å². The molecule has 0 atom stereocenters. The van der Waals surface area contributed by atoms with Crippen molar-refractivity contribution in [2.45, 2.75) is 6.92 Å². The minimum absolute atomic E-state index is 0.558. The van der Waals surface area contributed by atoms with E-state index in [0.29, 0.717) is 6.61 Å². The van der Waals surface area contributed by atoms with E-state index in [1.165, 1.54) is 0 Å². The minimum atomic E-state index is 0.558. The molecule has 5 nitrogen and oxygen atoms in total. The Morgan fingerprint density at radius 3 is 2.48 bits per heavy atom. The summed E-state index contributed by atoms with van der Waals surface area (Å²) in [4.78, 5) is 3.71. The van der Waals surface area contributed by atoms with Gasteiger partial charge in [-0.3, -0.25) is 0 Å². The number of hydrogen-bond donors (Lipinski definition) is 0. The first-order chi connectivity index (χ1) is 11.2. The van der Waals surface area contributed by atoms with Crippen molar-refractivity contribution in [2.75, 3.05) is 25.6 Å². The van der Waals surface area contributed by atoms with E-state index in [1.54, 1.807) is 4.80 Å². The summed E-state index contributed by atoms with van der Waals surface area (Å²) in [5.41, 5.74) is 3.74. The highest BCUT2D eigenvalue weighted by Crippen LogP contribution is 2.20. The Morgan fingerprint density at radius 1 is 1.04 bits per heavy atom. The molecule has 23 heavy (non-hydrogen) atoms. The molecule has 2 aromatic carbocycles. The lowest BCUT2D eigenvalue weighted by atomic mass is 10.3. The van der Waals surface area contributed by atoms with E-state index in [0.717, 1.165) is 28.2 Å². The van der Waals surface area contributed by atoms with Gasteiger partial charge < -0.3 is 9.64 Å². The molecular formula is C18H20N4O. The average Bonchev–Trinajstić information content (AvgIpc) is 2.98. The van der Waals surface area contributed by atoms with Crippen molar-refractivity contribution in [1.82, 2.24) is 15.0 Å². The van der Waals surface area contributed by atoms with Gasteiger partial charge in [-0.05, 0) is 43.3 Å². The topological polar surface area (TPSA) is 43.2 Å². The number of rotatable bonds is 5. The van der Waals surface area contributed by atoms with Gasteiger partial charge in [-0.1, -0.05) is 12.2 Å². The fourth-order valence-electron chi connectivity index (χ4n) is 2.22. The average molecular weight is 308 g/mol. The molecule has 0 unspecified atom stereocenters. The standard InChI is InChI=1S/C18H20N4O/c1-4-5-12-23-16-10-11-17-18(13-16)20-22(19-17)15-8-6-14(7-9-15)21(2)3/h4-11,13H,12H2,1-3H3/b5-4+. The number of ether oxygens (including phenoxy) is 1. The van der Waals surface area contributed by atoms with Crippen LogP contribution in [0.1, 0.15) is 6.92 Å². The van der Waals surface area contributed by atoms with Crippen molar-refractivity contribution in [3.05, 3.63) is 54.6 Å². The van der Waals surface area contributed by atoms with Crippen molar-refractivity contribution >= 4 is 16.7 Å². The van der Waals surface area contributed by atoms with Gasteiger partial charge in [0.15, 0.2) is 0 Å². The van der Waals surface area contributed by atoms with Crippen LogP contribution in [0.5, 0.6) is 5.75 Å². The summed E-state index contributed by atoms with van der Waals surface area (Å²) < 4.78 is 5.64. The quantitative estimate of drug-likeness (QED) is 0.677. The molecule has 5 heteroatoms. The molecule has 0 amide bonds. The van der Waals surface area contributed by atoms with E-state index in [1.807, 2.05) is 63.5 Å². The zero-order valence-corrected chi connectivity index (χ0v) is 13.6. The van der Waals surface area contributed by atoms with Gasteiger partial charge in [0.2, 0.25) is 0 Å². The van der Waals surface area contributed by atoms with Gasteiger partial charge in [-0.2, -0.15) is 4.80 Å². The van der Waals surface area contributed by atoms with Crippen LogP contribution < -0.4 is 9.64 Å². The third-order valence-electron chi connectivity index (χ3n) is 3.53. The fraction of sp³-hybridized carbons (Fsp3) is 0.222. The highest BCUT2D eigenvalue weighted by atomic mass is 16.5. The third kappa shape index (κ3) is 3.34. The lowest BCUT2D eigenvalue weighted by Crippen LogP contribution is -2.08. The van der Waals surface area contributed by atoms with Crippen molar-refractivity contribution in [3.8, 4) is 11.4 Å². The first-order valence-electron chi connectivity index (χ1n) is 7.56. The van der Waals surface area contributed by atoms with Gasteiger partial charge in [-0.15, -0.1) is 10.2 Å². The summed E-state index contributed by atoms with van der Waals surface area (Å²) in [6.07, 6.45) is 3.93. The Bertz CT molecular complexity index is 819. The second kappa shape index (κ2) is 6.52. The largest absolute Gasteiger partial charge is 0.489 e. The lowest BCUT2D eigenvalue weighted by Gasteiger charge is -2.12. The molecule has 118 valence electrons. The molecule has 3 aromatic rings.